The Morgan fingerprint density at radius 3 is 2.55 bits per heavy atom. The van der Waals surface area contributed by atoms with Gasteiger partial charge in [-0.3, -0.25) is 0 Å². The zero-order valence-electron chi connectivity index (χ0n) is 12.0. The highest BCUT2D eigenvalue weighted by molar-refractivity contribution is 9.10. The molecule has 0 amide bonds. The SMILES string of the molecule is CCCc1nc(NC)cc(Nc2ccc(Br)cc2C)n1. The monoisotopic (exact) mass is 334 g/mol. The van der Waals surface area contributed by atoms with Crippen LogP contribution < -0.4 is 10.6 Å². The van der Waals surface area contributed by atoms with E-state index in [9.17, 15) is 0 Å². The Morgan fingerprint density at radius 2 is 1.90 bits per heavy atom. The normalized spacial score (nSPS) is 10.4. The van der Waals surface area contributed by atoms with Gasteiger partial charge in [0.15, 0.2) is 0 Å². The smallest absolute Gasteiger partial charge is 0.136 e. The molecule has 0 aliphatic carbocycles. The molecule has 0 atom stereocenters. The molecular formula is C15H19BrN4. The van der Waals surface area contributed by atoms with Crippen LogP contribution in [0, 0.1) is 6.92 Å². The lowest BCUT2D eigenvalue weighted by Gasteiger charge is -2.11. The third-order valence-corrected chi connectivity index (χ3v) is 3.45. The number of nitrogens with zero attached hydrogens (tertiary/aromatic N) is 2. The van der Waals surface area contributed by atoms with Crippen molar-refractivity contribution >= 4 is 33.3 Å². The van der Waals surface area contributed by atoms with Crippen LogP contribution in [0.2, 0.25) is 0 Å². The average Bonchev–Trinajstić information content (AvgIpc) is 2.42. The summed E-state index contributed by atoms with van der Waals surface area (Å²) in [7, 11) is 1.87. The maximum atomic E-state index is 4.56. The molecule has 1 heterocycles. The summed E-state index contributed by atoms with van der Waals surface area (Å²) < 4.78 is 1.07. The minimum atomic E-state index is 0.818. The van der Waals surface area contributed by atoms with Crippen molar-refractivity contribution in [3.05, 3.63) is 40.1 Å². The van der Waals surface area contributed by atoms with E-state index in [0.29, 0.717) is 0 Å². The molecule has 2 aromatic rings. The van der Waals surface area contributed by atoms with Crippen LogP contribution in [-0.2, 0) is 6.42 Å². The van der Waals surface area contributed by atoms with Gasteiger partial charge < -0.3 is 10.6 Å². The predicted molar refractivity (Wildman–Crippen MR) is 87.7 cm³/mol. The van der Waals surface area contributed by atoms with Crippen LogP contribution in [-0.4, -0.2) is 17.0 Å². The Hall–Kier alpha value is -1.62. The second kappa shape index (κ2) is 6.70. The molecule has 0 aliphatic heterocycles. The second-order valence-corrected chi connectivity index (χ2v) is 5.55. The van der Waals surface area contributed by atoms with E-state index in [1.54, 1.807) is 0 Å². The number of aromatic nitrogens is 2. The van der Waals surface area contributed by atoms with Crippen LogP contribution in [0.15, 0.2) is 28.7 Å². The Labute approximate surface area is 128 Å². The number of anilines is 3. The summed E-state index contributed by atoms with van der Waals surface area (Å²) in [6, 6.07) is 8.05. The second-order valence-electron chi connectivity index (χ2n) is 4.64. The van der Waals surface area contributed by atoms with Crippen molar-refractivity contribution in [2.24, 2.45) is 0 Å². The first-order valence-electron chi connectivity index (χ1n) is 6.71. The number of hydrogen-bond donors (Lipinski definition) is 2. The first-order valence-corrected chi connectivity index (χ1v) is 7.50. The highest BCUT2D eigenvalue weighted by Crippen LogP contribution is 2.24. The van der Waals surface area contributed by atoms with Crippen LogP contribution >= 0.6 is 15.9 Å². The van der Waals surface area contributed by atoms with Crippen LogP contribution in [0.3, 0.4) is 0 Å². The van der Waals surface area contributed by atoms with E-state index in [0.717, 1.165) is 40.5 Å². The molecule has 1 aromatic heterocycles. The van der Waals surface area contributed by atoms with Gasteiger partial charge in [-0.25, -0.2) is 9.97 Å². The molecule has 4 nitrogen and oxygen atoms in total. The number of hydrogen-bond acceptors (Lipinski definition) is 4. The standard InChI is InChI=1S/C15H19BrN4/c1-4-5-13-19-14(17-3)9-15(20-13)18-12-7-6-11(16)8-10(12)2/h6-9H,4-5H2,1-3H3,(H2,17,18,19,20). The van der Waals surface area contributed by atoms with Crippen molar-refractivity contribution < 1.29 is 0 Å². The van der Waals surface area contributed by atoms with Gasteiger partial charge >= 0.3 is 0 Å². The molecule has 2 N–H and O–H groups in total. The fraction of sp³-hybridized carbons (Fsp3) is 0.333. The molecule has 0 radical (unpaired) electrons. The number of nitrogens with one attached hydrogen (secondary N) is 2. The molecule has 0 saturated heterocycles. The summed E-state index contributed by atoms with van der Waals surface area (Å²) >= 11 is 3.47. The molecule has 20 heavy (non-hydrogen) atoms. The molecule has 0 unspecified atom stereocenters. The number of benzene rings is 1. The zero-order valence-corrected chi connectivity index (χ0v) is 13.6. The summed E-state index contributed by atoms with van der Waals surface area (Å²) in [5.74, 6) is 2.51. The van der Waals surface area contributed by atoms with Gasteiger partial charge in [0.25, 0.3) is 0 Å². The fourth-order valence-corrected chi connectivity index (χ4v) is 2.41. The van der Waals surface area contributed by atoms with E-state index < -0.39 is 0 Å². The van der Waals surface area contributed by atoms with Gasteiger partial charge in [0.1, 0.15) is 17.5 Å². The quantitative estimate of drug-likeness (QED) is 0.856. The molecule has 1 aromatic carbocycles. The maximum Gasteiger partial charge on any atom is 0.136 e. The molecule has 2 rings (SSSR count). The van der Waals surface area contributed by atoms with Gasteiger partial charge in [0, 0.05) is 29.7 Å². The maximum absolute atomic E-state index is 4.56. The Balaban J connectivity index is 2.29. The number of halogens is 1. The van der Waals surface area contributed by atoms with E-state index in [1.165, 1.54) is 5.56 Å². The van der Waals surface area contributed by atoms with Gasteiger partial charge in [-0.1, -0.05) is 22.9 Å². The lowest BCUT2D eigenvalue weighted by molar-refractivity contribution is 0.838. The Morgan fingerprint density at radius 1 is 1.15 bits per heavy atom. The summed E-state index contributed by atoms with van der Waals surface area (Å²) in [6.07, 6.45) is 1.91. The van der Waals surface area contributed by atoms with Crippen molar-refractivity contribution in [3.63, 3.8) is 0 Å². The van der Waals surface area contributed by atoms with E-state index in [-0.39, 0.29) is 0 Å². The molecule has 0 saturated carbocycles. The minimum Gasteiger partial charge on any atom is -0.373 e. The predicted octanol–water partition coefficient (Wildman–Crippen LogP) is 4.29. The summed E-state index contributed by atoms with van der Waals surface area (Å²) in [6.45, 7) is 4.20. The molecular weight excluding hydrogens is 316 g/mol. The highest BCUT2D eigenvalue weighted by Gasteiger charge is 2.05. The number of rotatable bonds is 5. The van der Waals surface area contributed by atoms with Crippen LogP contribution in [0.1, 0.15) is 24.7 Å². The summed E-state index contributed by atoms with van der Waals surface area (Å²) in [5, 5.41) is 6.44. The third kappa shape index (κ3) is 3.70. The molecule has 0 bridgehead atoms. The molecule has 0 fully saturated rings. The van der Waals surface area contributed by atoms with Crippen LogP contribution in [0.5, 0.6) is 0 Å². The van der Waals surface area contributed by atoms with Crippen molar-refractivity contribution in [1.29, 1.82) is 0 Å². The Kier molecular flexibility index (Phi) is 4.95. The van der Waals surface area contributed by atoms with Gasteiger partial charge in [-0.2, -0.15) is 0 Å². The fourth-order valence-electron chi connectivity index (χ4n) is 1.93. The zero-order chi connectivity index (χ0) is 14.5. The van der Waals surface area contributed by atoms with Crippen LogP contribution in [0.4, 0.5) is 17.3 Å². The highest BCUT2D eigenvalue weighted by atomic mass is 79.9. The van der Waals surface area contributed by atoms with Crippen molar-refractivity contribution in [1.82, 2.24) is 9.97 Å². The lowest BCUT2D eigenvalue weighted by Crippen LogP contribution is -2.04. The van der Waals surface area contributed by atoms with E-state index in [4.69, 9.17) is 0 Å². The first kappa shape index (κ1) is 14.8. The molecule has 5 heteroatoms. The molecule has 106 valence electrons. The lowest BCUT2D eigenvalue weighted by atomic mass is 10.2. The summed E-state index contributed by atoms with van der Waals surface area (Å²) in [5.41, 5.74) is 2.22. The topological polar surface area (TPSA) is 49.8 Å². The van der Waals surface area contributed by atoms with E-state index in [1.807, 2.05) is 25.2 Å². The van der Waals surface area contributed by atoms with E-state index >= 15 is 0 Å². The third-order valence-electron chi connectivity index (χ3n) is 2.95. The van der Waals surface area contributed by atoms with Crippen molar-refractivity contribution in [2.45, 2.75) is 26.7 Å². The van der Waals surface area contributed by atoms with Gasteiger partial charge in [-0.05, 0) is 37.1 Å². The van der Waals surface area contributed by atoms with E-state index in [2.05, 4.69) is 56.4 Å². The van der Waals surface area contributed by atoms with Crippen LogP contribution in [0.25, 0.3) is 0 Å². The Bertz CT molecular complexity index is 598. The minimum absolute atomic E-state index is 0.818. The van der Waals surface area contributed by atoms with Crippen molar-refractivity contribution in [2.75, 3.05) is 17.7 Å². The van der Waals surface area contributed by atoms with Gasteiger partial charge in [0.05, 0.1) is 0 Å². The summed E-state index contributed by atoms with van der Waals surface area (Å²) in [4.78, 5) is 9.01. The molecule has 0 aliphatic rings. The average molecular weight is 335 g/mol. The van der Waals surface area contributed by atoms with Gasteiger partial charge in [-0.15, -0.1) is 0 Å². The van der Waals surface area contributed by atoms with Gasteiger partial charge in [0.2, 0.25) is 0 Å². The van der Waals surface area contributed by atoms with Crippen molar-refractivity contribution in [3.8, 4) is 0 Å². The largest absolute Gasteiger partial charge is 0.373 e. The molecule has 0 spiro atoms. The number of aryl methyl sites for hydroxylation is 2. The first-order chi connectivity index (χ1) is 9.62.